The van der Waals surface area contributed by atoms with Gasteiger partial charge in [0.2, 0.25) is 5.91 Å². The summed E-state index contributed by atoms with van der Waals surface area (Å²) in [7, 11) is -4.80. The second kappa shape index (κ2) is 44.9. The second-order valence-corrected chi connectivity index (χ2v) is 15.9. The SMILES string of the molecule is CC/C=C\C/C=C\C/C=C\C/C=C\C/C=C\C/C=C\CCCCC(=O)NC(COP(=O)(O)OCC(O)COC(=O)CC/C=C\C/C=C\C/C=C\C/C=C\C/C=C\C/C=C\CC)C(=O)O. The van der Waals surface area contributed by atoms with Crippen LogP contribution in [0.25, 0.3) is 0 Å². The number of aliphatic hydroxyl groups is 1. The molecule has 4 N–H and O–H groups in total. The molecule has 0 saturated carbocycles. The average molecular weight is 908 g/mol. The van der Waals surface area contributed by atoms with Crippen molar-refractivity contribution in [3.05, 3.63) is 146 Å². The molecule has 1 amide bonds. The van der Waals surface area contributed by atoms with Gasteiger partial charge in [0, 0.05) is 12.8 Å². The third-order valence-electron chi connectivity index (χ3n) is 8.64. The lowest BCUT2D eigenvalue weighted by Gasteiger charge is -2.18. The van der Waals surface area contributed by atoms with E-state index in [0.717, 1.165) is 89.9 Å². The molecule has 0 rings (SSSR count). The van der Waals surface area contributed by atoms with E-state index in [4.69, 9.17) is 13.8 Å². The number of esters is 1. The highest BCUT2D eigenvalue weighted by Crippen LogP contribution is 2.43. The summed E-state index contributed by atoms with van der Waals surface area (Å²) in [4.78, 5) is 46.0. The molecule has 3 unspecified atom stereocenters. The number of aliphatic hydroxyl groups excluding tert-OH is 1. The first-order valence-electron chi connectivity index (χ1n) is 22.9. The van der Waals surface area contributed by atoms with Crippen LogP contribution in [0.3, 0.4) is 0 Å². The van der Waals surface area contributed by atoms with Gasteiger partial charge in [0.25, 0.3) is 0 Å². The average Bonchev–Trinajstić information content (AvgIpc) is 3.27. The Labute approximate surface area is 384 Å². The van der Waals surface area contributed by atoms with E-state index in [-0.39, 0.29) is 12.8 Å². The van der Waals surface area contributed by atoms with Gasteiger partial charge in [0.05, 0.1) is 13.2 Å². The van der Waals surface area contributed by atoms with Crippen molar-refractivity contribution in [1.29, 1.82) is 0 Å². The van der Waals surface area contributed by atoms with Gasteiger partial charge in [0.15, 0.2) is 6.04 Å². The summed E-state index contributed by atoms with van der Waals surface area (Å²) in [5.74, 6) is -2.55. The molecule has 64 heavy (non-hydrogen) atoms. The van der Waals surface area contributed by atoms with E-state index in [9.17, 15) is 34.1 Å². The number of carbonyl (C=O) groups is 3. The molecule has 0 saturated heterocycles. The van der Waals surface area contributed by atoms with Crippen LogP contribution in [0.15, 0.2) is 146 Å². The summed E-state index contributed by atoms with van der Waals surface area (Å²) in [5.41, 5.74) is 0. The molecule has 11 nitrogen and oxygen atoms in total. The maximum atomic E-state index is 12.3. The monoisotopic (exact) mass is 908 g/mol. The molecule has 0 aliphatic carbocycles. The van der Waals surface area contributed by atoms with Crippen LogP contribution in [-0.2, 0) is 32.7 Å². The predicted molar refractivity (Wildman–Crippen MR) is 262 cm³/mol. The smallest absolute Gasteiger partial charge is 0.472 e. The van der Waals surface area contributed by atoms with Gasteiger partial charge in [-0.3, -0.25) is 18.6 Å². The lowest BCUT2D eigenvalue weighted by atomic mass is 10.1. The van der Waals surface area contributed by atoms with Gasteiger partial charge in [-0.05, 0) is 103 Å². The standard InChI is InChI=1S/C52H78NO10P/c1-3-5-7-9-11-13-15-17-19-21-23-24-26-27-29-31-33-35-37-39-41-43-50(55)53-49(52(57)58)47-63-64(59,60)62-46-48(54)45-61-51(56)44-42-40-38-36-34-32-30-28-25-22-20-18-16-14-12-10-8-6-4-2/h5-8,11-14,17-20,23-25,27-29,32-35,38,40,48-49,54H,3-4,9-10,15-16,21-22,26,30-31,36-37,39,41-47H2,1-2H3,(H,53,55)(H,57,58)(H,59,60)/b7-5-,8-6-,13-11-,14-12-,19-17-,20-18-,24-23-,28-25-,29-27-,34-32-,35-33-,40-38-. The largest absolute Gasteiger partial charge is 0.480 e. The van der Waals surface area contributed by atoms with Crippen LogP contribution in [0.2, 0.25) is 0 Å². The highest BCUT2D eigenvalue weighted by Gasteiger charge is 2.28. The van der Waals surface area contributed by atoms with E-state index in [1.54, 1.807) is 0 Å². The number of aliphatic carboxylic acids is 1. The van der Waals surface area contributed by atoms with Gasteiger partial charge < -0.3 is 25.2 Å². The van der Waals surface area contributed by atoms with Gasteiger partial charge in [-0.2, -0.15) is 0 Å². The molecular weight excluding hydrogens is 830 g/mol. The highest BCUT2D eigenvalue weighted by atomic mass is 31.2. The van der Waals surface area contributed by atoms with Crippen LogP contribution >= 0.6 is 7.82 Å². The van der Waals surface area contributed by atoms with Crippen molar-refractivity contribution in [3.8, 4) is 0 Å². The first-order valence-corrected chi connectivity index (χ1v) is 24.4. The van der Waals surface area contributed by atoms with Crippen LogP contribution in [-0.4, -0.2) is 64.9 Å². The van der Waals surface area contributed by atoms with E-state index in [2.05, 4.69) is 141 Å². The summed E-state index contributed by atoms with van der Waals surface area (Å²) >= 11 is 0. The lowest BCUT2D eigenvalue weighted by Crippen LogP contribution is -2.43. The van der Waals surface area contributed by atoms with Crippen LogP contribution in [0.5, 0.6) is 0 Å². The number of phosphoric acid groups is 1. The van der Waals surface area contributed by atoms with Crippen LogP contribution in [0, 0.1) is 0 Å². The van der Waals surface area contributed by atoms with Gasteiger partial charge in [-0.15, -0.1) is 0 Å². The molecule has 0 spiro atoms. The van der Waals surface area contributed by atoms with E-state index < -0.39 is 57.6 Å². The Bertz CT molecular complexity index is 1630. The molecule has 3 atom stereocenters. The van der Waals surface area contributed by atoms with Crippen molar-refractivity contribution >= 4 is 25.7 Å². The molecule has 0 aliphatic heterocycles. The third-order valence-corrected chi connectivity index (χ3v) is 9.59. The maximum absolute atomic E-state index is 12.3. The molecule has 0 fully saturated rings. The minimum absolute atomic E-state index is 0.0754. The third kappa shape index (κ3) is 44.0. The van der Waals surface area contributed by atoms with Crippen LogP contribution in [0.1, 0.15) is 129 Å². The minimum Gasteiger partial charge on any atom is -0.480 e. The number of carboxylic acid groups (broad SMARTS) is 1. The number of allylic oxidation sites excluding steroid dienone is 24. The summed E-state index contributed by atoms with van der Waals surface area (Å²) in [6.07, 6.45) is 63.1. The molecule has 12 heteroatoms. The zero-order valence-electron chi connectivity index (χ0n) is 38.5. The summed E-state index contributed by atoms with van der Waals surface area (Å²) in [6.45, 7) is 2.23. The fourth-order valence-corrected chi connectivity index (χ4v) is 5.94. The maximum Gasteiger partial charge on any atom is 0.472 e. The first-order chi connectivity index (χ1) is 31.1. The van der Waals surface area contributed by atoms with Gasteiger partial charge in [-0.1, -0.05) is 160 Å². The van der Waals surface area contributed by atoms with Crippen molar-refractivity contribution in [2.24, 2.45) is 0 Å². The Morgan fingerprint density at radius 1 is 0.500 bits per heavy atom. The van der Waals surface area contributed by atoms with Crippen molar-refractivity contribution in [1.82, 2.24) is 5.32 Å². The quantitative estimate of drug-likeness (QED) is 0.0201. The predicted octanol–water partition coefficient (Wildman–Crippen LogP) is 12.3. The Morgan fingerprint density at radius 2 is 0.859 bits per heavy atom. The topological polar surface area (TPSA) is 169 Å². The number of carboxylic acids is 1. The van der Waals surface area contributed by atoms with Crippen LogP contribution in [0.4, 0.5) is 0 Å². The number of carbonyl (C=O) groups excluding carboxylic acids is 2. The number of hydrogen-bond acceptors (Lipinski definition) is 8. The molecule has 0 aromatic heterocycles. The number of nitrogens with one attached hydrogen (secondary N) is 1. The summed E-state index contributed by atoms with van der Waals surface area (Å²) in [6, 6.07) is -1.59. The molecule has 0 bridgehead atoms. The molecule has 0 aromatic rings. The van der Waals surface area contributed by atoms with Gasteiger partial charge in [0.1, 0.15) is 12.7 Å². The molecule has 0 aromatic carbocycles. The number of phosphoric ester groups is 1. The summed E-state index contributed by atoms with van der Waals surface area (Å²) < 4.78 is 26.8. The van der Waals surface area contributed by atoms with Gasteiger partial charge >= 0.3 is 19.8 Å². The Kier molecular flexibility index (Phi) is 41.7. The Morgan fingerprint density at radius 3 is 1.25 bits per heavy atom. The van der Waals surface area contributed by atoms with E-state index in [0.29, 0.717) is 12.8 Å². The van der Waals surface area contributed by atoms with Crippen molar-refractivity contribution in [2.45, 2.75) is 142 Å². The molecule has 0 radical (unpaired) electrons. The molecule has 356 valence electrons. The van der Waals surface area contributed by atoms with Gasteiger partial charge in [-0.25, -0.2) is 9.36 Å². The zero-order chi connectivity index (χ0) is 47.0. The van der Waals surface area contributed by atoms with Crippen LogP contribution < -0.4 is 5.32 Å². The van der Waals surface area contributed by atoms with E-state index in [1.807, 2.05) is 24.3 Å². The lowest BCUT2D eigenvalue weighted by molar-refractivity contribution is -0.147. The molecule has 0 aliphatic rings. The number of unbranched alkanes of at least 4 members (excludes halogenated alkanes) is 2. The number of amides is 1. The zero-order valence-corrected chi connectivity index (χ0v) is 39.4. The fraction of sp³-hybridized carbons (Fsp3) is 0.481. The minimum atomic E-state index is -4.80. The van der Waals surface area contributed by atoms with E-state index >= 15 is 0 Å². The summed E-state index contributed by atoms with van der Waals surface area (Å²) in [5, 5.41) is 21.8. The van der Waals surface area contributed by atoms with Crippen molar-refractivity contribution < 1.29 is 47.8 Å². The normalized spacial score (nSPS) is 14.9. The van der Waals surface area contributed by atoms with Crippen molar-refractivity contribution in [3.63, 3.8) is 0 Å². The highest BCUT2D eigenvalue weighted by molar-refractivity contribution is 7.47. The second-order valence-electron chi connectivity index (χ2n) is 14.5. The fourth-order valence-electron chi connectivity index (χ4n) is 5.16. The molecule has 0 heterocycles. The molecular formula is C52H78NO10P. The number of ether oxygens (including phenoxy) is 1. The van der Waals surface area contributed by atoms with Crippen molar-refractivity contribution in [2.75, 3.05) is 19.8 Å². The number of hydrogen-bond donors (Lipinski definition) is 4. The Balaban J connectivity index is 4.09. The van der Waals surface area contributed by atoms with E-state index in [1.165, 1.54) is 0 Å². The number of rotatable bonds is 40. The Hall–Kier alpha value is -4.64. The first kappa shape index (κ1) is 59.4.